The zero-order valence-electron chi connectivity index (χ0n) is 9.26. The van der Waals surface area contributed by atoms with Crippen molar-refractivity contribution in [2.75, 3.05) is 0 Å². The van der Waals surface area contributed by atoms with Gasteiger partial charge in [0.05, 0.1) is 18.1 Å². The minimum absolute atomic E-state index is 0.356. The highest BCUT2D eigenvalue weighted by atomic mass is 19.1. The molecule has 0 amide bonds. The maximum atomic E-state index is 12.7. The van der Waals surface area contributed by atoms with Gasteiger partial charge in [0.1, 0.15) is 5.69 Å². The van der Waals surface area contributed by atoms with E-state index in [2.05, 4.69) is 32.5 Å². The summed E-state index contributed by atoms with van der Waals surface area (Å²) in [7, 11) is 0. The first-order valence-corrected chi connectivity index (χ1v) is 5.39. The maximum Gasteiger partial charge on any atom is 0.252 e. The second-order valence-electron chi connectivity index (χ2n) is 4.08. The Morgan fingerprint density at radius 2 is 2.18 bits per heavy atom. The van der Waals surface area contributed by atoms with E-state index in [1.165, 1.54) is 0 Å². The molecule has 0 aromatic carbocycles. The summed E-state index contributed by atoms with van der Waals surface area (Å²) < 4.78 is 14.3. The Morgan fingerprint density at radius 3 is 2.94 bits per heavy atom. The van der Waals surface area contributed by atoms with Gasteiger partial charge in [-0.2, -0.15) is 4.68 Å². The van der Waals surface area contributed by atoms with Crippen molar-refractivity contribution in [3.63, 3.8) is 0 Å². The maximum absolute atomic E-state index is 12.7. The van der Waals surface area contributed by atoms with Gasteiger partial charge in [-0.05, 0) is 6.92 Å². The molecule has 3 rings (SSSR count). The van der Waals surface area contributed by atoms with E-state index in [4.69, 9.17) is 0 Å². The van der Waals surface area contributed by atoms with Crippen LogP contribution in [-0.4, -0.2) is 31.0 Å². The molecule has 0 radical (unpaired) electrons. The van der Waals surface area contributed by atoms with E-state index in [0.29, 0.717) is 18.5 Å². The third-order valence-electron chi connectivity index (χ3n) is 2.76. The molecule has 1 N–H and O–H groups in total. The van der Waals surface area contributed by atoms with Crippen molar-refractivity contribution in [2.24, 2.45) is 0 Å². The normalized spacial score (nSPS) is 19.1. The predicted octanol–water partition coefficient (Wildman–Crippen LogP) is 0.231. The van der Waals surface area contributed by atoms with Gasteiger partial charge in [-0.3, -0.25) is 0 Å². The molecule has 0 fully saturated rings. The van der Waals surface area contributed by atoms with E-state index in [9.17, 15) is 4.39 Å². The van der Waals surface area contributed by atoms with Crippen LogP contribution in [-0.2, 0) is 13.0 Å². The second-order valence-corrected chi connectivity index (χ2v) is 4.08. The lowest BCUT2D eigenvalue weighted by Crippen LogP contribution is -2.33. The monoisotopic (exact) mass is 234 g/mol. The molecule has 2 aromatic heterocycles. The molecule has 1 atom stereocenters. The minimum atomic E-state index is -0.460. The molecule has 6 nitrogen and oxygen atoms in total. The van der Waals surface area contributed by atoms with Crippen molar-refractivity contribution >= 4 is 0 Å². The topological polar surface area (TPSA) is 68.5 Å². The summed E-state index contributed by atoms with van der Waals surface area (Å²) in [6.45, 7) is 2.78. The van der Waals surface area contributed by atoms with Gasteiger partial charge >= 0.3 is 0 Å². The quantitative estimate of drug-likeness (QED) is 0.765. The molecule has 1 unspecified atom stereocenters. The predicted molar refractivity (Wildman–Crippen MR) is 56.9 cm³/mol. The standard InChI is InChI=1S/C10H11FN6/c1-6-2-9-8(5-12-6)15-16-17(9)10-13-3-7(11)4-14-10/h3-4,6,12H,2,5H2,1H3. The molecule has 17 heavy (non-hydrogen) atoms. The van der Waals surface area contributed by atoms with E-state index < -0.39 is 5.82 Å². The molecule has 0 aliphatic carbocycles. The van der Waals surface area contributed by atoms with E-state index in [0.717, 1.165) is 30.2 Å². The lowest BCUT2D eigenvalue weighted by molar-refractivity contribution is 0.496. The Balaban J connectivity index is 2.04. The number of nitrogens with one attached hydrogen (secondary N) is 1. The van der Waals surface area contributed by atoms with Crippen LogP contribution in [0.3, 0.4) is 0 Å². The Kier molecular flexibility index (Phi) is 2.32. The average Bonchev–Trinajstić information content (AvgIpc) is 2.73. The van der Waals surface area contributed by atoms with Crippen molar-refractivity contribution in [3.8, 4) is 5.95 Å². The van der Waals surface area contributed by atoms with Crippen LogP contribution in [0, 0.1) is 5.82 Å². The second kappa shape index (κ2) is 3.85. The van der Waals surface area contributed by atoms with Crippen molar-refractivity contribution < 1.29 is 4.39 Å². The first-order valence-electron chi connectivity index (χ1n) is 5.39. The van der Waals surface area contributed by atoms with Gasteiger partial charge in [0.15, 0.2) is 5.82 Å². The highest BCUT2D eigenvalue weighted by Crippen LogP contribution is 2.16. The lowest BCUT2D eigenvalue weighted by atomic mass is 10.1. The highest BCUT2D eigenvalue weighted by molar-refractivity contribution is 5.22. The lowest BCUT2D eigenvalue weighted by Gasteiger charge is -2.19. The Labute approximate surface area is 96.9 Å². The molecule has 2 aromatic rings. The van der Waals surface area contributed by atoms with Crippen LogP contribution < -0.4 is 5.32 Å². The summed E-state index contributed by atoms with van der Waals surface area (Å²) in [6.07, 6.45) is 3.06. The van der Waals surface area contributed by atoms with Gasteiger partial charge in [-0.25, -0.2) is 14.4 Å². The van der Waals surface area contributed by atoms with Crippen LogP contribution >= 0.6 is 0 Å². The van der Waals surface area contributed by atoms with Gasteiger partial charge in [0.25, 0.3) is 5.95 Å². The van der Waals surface area contributed by atoms with E-state index in [1.807, 2.05) is 0 Å². The Morgan fingerprint density at radius 1 is 1.41 bits per heavy atom. The van der Waals surface area contributed by atoms with E-state index in [-0.39, 0.29) is 0 Å². The number of fused-ring (bicyclic) bond motifs is 1. The SMILES string of the molecule is CC1Cc2c(nnn2-c2ncc(F)cn2)CN1. The number of aromatic nitrogens is 5. The largest absolute Gasteiger partial charge is 0.308 e. The third-order valence-corrected chi connectivity index (χ3v) is 2.76. The molecule has 1 aliphatic heterocycles. The van der Waals surface area contributed by atoms with Gasteiger partial charge in [0.2, 0.25) is 0 Å². The highest BCUT2D eigenvalue weighted by Gasteiger charge is 2.22. The summed E-state index contributed by atoms with van der Waals surface area (Å²) in [5, 5.41) is 11.4. The Hall–Kier alpha value is -1.89. The first kappa shape index (κ1) is 10.3. The summed E-state index contributed by atoms with van der Waals surface area (Å²) >= 11 is 0. The molecule has 3 heterocycles. The number of hydrogen-bond acceptors (Lipinski definition) is 5. The molecule has 88 valence electrons. The van der Waals surface area contributed by atoms with Crippen LogP contribution in [0.15, 0.2) is 12.4 Å². The molecule has 0 spiro atoms. The molecule has 7 heteroatoms. The molecule has 0 bridgehead atoms. The molecule has 1 aliphatic rings. The smallest absolute Gasteiger partial charge is 0.252 e. The zero-order valence-corrected chi connectivity index (χ0v) is 9.26. The number of rotatable bonds is 1. The van der Waals surface area contributed by atoms with Crippen molar-refractivity contribution in [1.82, 2.24) is 30.3 Å². The fraction of sp³-hybridized carbons (Fsp3) is 0.400. The van der Waals surface area contributed by atoms with Crippen molar-refractivity contribution in [3.05, 3.63) is 29.6 Å². The molecule has 0 saturated heterocycles. The average molecular weight is 234 g/mol. The number of hydrogen-bond donors (Lipinski definition) is 1. The fourth-order valence-corrected chi connectivity index (χ4v) is 1.88. The summed E-state index contributed by atoms with van der Waals surface area (Å²) in [6, 6.07) is 0.361. The summed E-state index contributed by atoms with van der Waals surface area (Å²) in [5.74, 6) is -0.105. The van der Waals surface area contributed by atoms with E-state index >= 15 is 0 Å². The van der Waals surface area contributed by atoms with Gasteiger partial charge in [-0.1, -0.05) is 5.21 Å². The number of halogens is 1. The third kappa shape index (κ3) is 1.78. The summed E-state index contributed by atoms with van der Waals surface area (Å²) in [5.41, 5.74) is 1.89. The van der Waals surface area contributed by atoms with Crippen LogP contribution in [0.1, 0.15) is 18.3 Å². The zero-order chi connectivity index (χ0) is 11.8. The minimum Gasteiger partial charge on any atom is -0.308 e. The van der Waals surface area contributed by atoms with Crippen molar-refractivity contribution in [1.29, 1.82) is 0 Å². The van der Waals surface area contributed by atoms with Gasteiger partial charge in [0, 0.05) is 19.0 Å². The van der Waals surface area contributed by atoms with Crippen LogP contribution in [0.4, 0.5) is 4.39 Å². The van der Waals surface area contributed by atoms with Crippen molar-refractivity contribution in [2.45, 2.75) is 25.9 Å². The molecular weight excluding hydrogens is 223 g/mol. The van der Waals surface area contributed by atoms with Gasteiger partial charge in [-0.15, -0.1) is 5.10 Å². The molecular formula is C10H11FN6. The first-order chi connectivity index (χ1) is 8.24. The number of nitrogens with zero attached hydrogens (tertiary/aromatic N) is 5. The molecule has 0 saturated carbocycles. The Bertz CT molecular complexity index is 534. The van der Waals surface area contributed by atoms with E-state index in [1.54, 1.807) is 4.68 Å². The van der Waals surface area contributed by atoms with Gasteiger partial charge < -0.3 is 5.32 Å². The summed E-state index contributed by atoms with van der Waals surface area (Å²) in [4.78, 5) is 7.82. The fourth-order valence-electron chi connectivity index (χ4n) is 1.88. The van der Waals surface area contributed by atoms with Crippen LogP contribution in [0.5, 0.6) is 0 Å². The van der Waals surface area contributed by atoms with Crippen LogP contribution in [0.25, 0.3) is 5.95 Å². The van der Waals surface area contributed by atoms with Crippen LogP contribution in [0.2, 0.25) is 0 Å².